The molecule has 1 fully saturated rings. The van der Waals surface area contributed by atoms with Crippen molar-refractivity contribution in [3.8, 4) is 0 Å². The lowest BCUT2D eigenvalue weighted by Crippen LogP contribution is -2.40. The van der Waals surface area contributed by atoms with Crippen molar-refractivity contribution < 1.29 is 9.53 Å². The van der Waals surface area contributed by atoms with Crippen LogP contribution in [0.2, 0.25) is 0 Å². The number of carbonyl (C=O) groups excluding carboxylic acids is 1. The number of ether oxygens (including phenoxy) is 1. The van der Waals surface area contributed by atoms with E-state index in [-0.39, 0.29) is 11.8 Å². The summed E-state index contributed by atoms with van der Waals surface area (Å²) in [4.78, 5) is 20.3. The summed E-state index contributed by atoms with van der Waals surface area (Å²) in [7, 11) is 0. The number of hydrogen-bond donors (Lipinski definition) is 0. The van der Waals surface area contributed by atoms with E-state index >= 15 is 0 Å². The van der Waals surface area contributed by atoms with E-state index < -0.39 is 0 Å². The quantitative estimate of drug-likeness (QED) is 0.598. The van der Waals surface area contributed by atoms with Crippen LogP contribution in [0.1, 0.15) is 12.8 Å². The summed E-state index contributed by atoms with van der Waals surface area (Å²) in [6.07, 6.45) is 1.98. The molecule has 5 rings (SSSR count). The molecule has 3 aliphatic rings. The number of benzene rings is 1. The van der Waals surface area contributed by atoms with Gasteiger partial charge in [-0.15, -0.1) is 11.3 Å². The first-order valence-corrected chi connectivity index (χ1v) is 10.7. The van der Waals surface area contributed by atoms with Crippen molar-refractivity contribution in [3.05, 3.63) is 34.9 Å². The van der Waals surface area contributed by atoms with Gasteiger partial charge in [-0.3, -0.25) is 4.79 Å². The molecule has 0 N–H and O–H groups in total. The molecule has 0 spiro atoms. The molecule has 1 unspecified atom stereocenters. The van der Waals surface area contributed by atoms with E-state index in [9.17, 15) is 4.79 Å². The average molecular weight is 388 g/mol. The fourth-order valence-corrected chi connectivity index (χ4v) is 5.83. The van der Waals surface area contributed by atoms with E-state index in [0.29, 0.717) is 6.61 Å². The second kappa shape index (κ2) is 6.96. The zero-order valence-electron chi connectivity index (χ0n) is 14.5. The van der Waals surface area contributed by atoms with Gasteiger partial charge < -0.3 is 9.64 Å². The molecule has 5 nitrogen and oxygen atoms in total. The summed E-state index contributed by atoms with van der Waals surface area (Å²) in [5.74, 6) is 0.356. The van der Waals surface area contributed by atoms with Gasteiger partial charge in [0.15, 0.2) is 0 Å². The SMILES string of the molecule is O=C(C1CCCOC1)N1CC2=C(CN(Sc3ccc4ncsc4c3)C2)C1. The van der Waals surface area contributed by atoms with Crippen molar-refractivity contribution in [1.82, 2.24) is 14.2 Å². The molecular formula is C19H21N3O2S2. The minimum absolute atomic E-state index is 0.0698. The Hall–Kier alpha value is -1.41. The molecule has 7 heteroatoms. The van der Waals surface area contributed by atoms with Crippen molar-refractivity contribution in [2.75, 3.05) is 39.4 Å². The maximum atomic E-state index is 12.7. The largest absolute Gasteiger partial charge is 0.381 e. The van der Waals surface area contributed by atoms with Crippen LogP contribution in [0.3, 0.4) is 0 Å². The third kappa shape index (κ3) is 3.17. The van der Waals surface area contributed by atoms with Gasteiger partial charge in [0.1, 0.15) is 0 Å². The van der Waals surface area contributed by atoms with Crippen molar-refractivity contribution in [2.24, 2.45) is 5.92 Å². The van der Waals surface area contributed by atoms with Crippen molar-refractivity contribution in [3.63, 3.8) is 0 Å². The fraction of sp³-hybridized carbons (Fsp3) is 0.474. The third-order valence-corrected chi connectivity index (χ3v) is 7.13. The smallest absolute Gasteiger partial charge is 0.228 e. The van der Waals surface area contributed by atoms with Crippen LogP contribution in [0.5, 0.6) is 0 Å². The lowest BCUT2D eigenvalue weighted by molar-refractivity contribution is -0.138. The number of fused-ring (bicyclic) bond motifs is 1. The second-order valence-corrected chi connectivity index (χ2v) is 9.24. The Balaban J connectivity index is 1.18. The Kier molecular flexibility index (Phi) is 4.48. The first-order chi connectivity index (χ1) is 12.8. The van der Waals surface area contributed by atoms with E-state index in [4.69, 9.17) is 4.74 Å². The maximum absolute atomic E-state index is 12.7. The normalized spacial score (nSPS) is 23.8. The highest BCUT2D eigenvalue weighted by atomic mass is 32.2. The zero-order valence-corrected chi connectivity index (χ0v) is 16.2. The Morgan fingerprint density at radius 2 is 2.08 bits per heavy atom. The van der Waals surface area contributed by atoms with Crippen LogP contribution >= 0.6 is 23.3 Å². The molecule has 26 heavy (non-hydrogen) atoms. The van der Waals surface area contributed by atoms with Gasteiger partial charge in [-0.25, -0.2) is 9.29 Å². The van der Waals surface area contributed by atoms with Gasteiger partial charge in [0, 0.05) is 37.7 Å². The maximum Gasteiger partial charge on any atom is 0.228 e. The van der Waals surface area contributed by atoms with Gasteiger partial charge in [-0.05, 0) is 54.1 Å². The molecule has 1 aromatic heterocycles. The van der Waals surface area contributed by atoms with Crippen LogP contribution in [0.15, 0.2) is 39.8 Å². The number of carbonyl (C=O) groups is 1. The fourth-order valence-electron chi connectivity index (χ4n) is 4.00. The van der Waals surface area contributed by atoms with E-state index in [2.05, 4.69) is 27.5 Å². The number of amides is 1. The zero-order chi connectivity index (χ0) is 17.5. The highest BCUT2D eigenvalue weighted by Gasteiger charge is 2.35. The first kappa shape index (κ1) is 16.7. The van der Waals surface area contributed by atoms with Crippen LogP contribution in [0.25, 0.3) is 10.2 Å². The molecule has 1 saturated heterocycles. The minimum Gasteiger partial charge on any atom is -0.381 e. The lowest BCUT2D eigenvalue weighted by Gasteiger charge is -2.28. The van der Waals surface area contributed by atoms with Gasteiger partial charge in [0.05, 0.1) is 28.3 Å². The van der Waals surface area contributed by atoms with Gasteiger partial charge >= 0.3 is 0 Å². The van der Waals surface area contributed by atoms with E-state index in [0.717, 1.165) is 51.1 Å². The van der Waals surface area contributed by atoms with Gasteiger partial charge in [0.2, 0.25) is 5.91 Å². The Morgan fingerprint density at radius 1 is 1.23 bits per heavy atom. The number of thiazole rings is 1. The van der Waals surface area contributed by atoms with Gasteiger partial charge in [0.25, 0.3) is 0 Å². The molecular weight excluding hydrogens is 366 g/mol. The molecule has 1 aromatic carbocycles. The summed E-state index contributed by atoms with van der Waals surface area (Å²) < 4.78 is 9.13. The van der Waals surface area contributed by atoms with Gasteiger partial charge in [-0.2, -0.15) is 0 Å². The lowest BCUT2D eigenvalue weighted by atomic mass is 10.0. The predicted octanol–water partition coefficient (Wildman–Crippen LogP) is 3.18. The molecule has 0 radical (unpaired) electrons. The van der Waals surface area contributed by atoms with Crippen molar-refractivity contribution in [2.45, 2.75) is 17.7 Å². The molecule has 0 bridgehead atoms. The van der Waals surface area contributed by atoms with Crippen LogP contribution in [0.4, 0.5) is 0 Å². The molecule has 4 heterocycles. The summed E-state index contributed by atoms with van der Waals surface area (Å²) in [6, 6.07) is 6.47. The van der Waals surface area contributed by atoms with E-state index in [1.54, 1.807) is 11.3 Å². The van der Waals surface area contributed by atoms with Crippen LogP contribution in [0, 0.1) is 5.92 Å². The second-order valence-electron chi connectivity index (χ2n) is 7.19. The van der Waals surface area contributed by atoms with E-state index in [1.165, 1.54) is 20.7 Å². The van der Waals surface area contributed by atoms with Crippen LogP contribution < -0.4 is 0 Å². The van der Waals surface area contributed by atoms with E-state index in [1.807, 2.05) is 22.4 Å². The predicted molar refractivity (Wildman–Crippen MR) is 104 cm³/mol. The Bertz CT molecular complexity index is 855. The third-order valence-electron chi connectivity index (χ3n) is 5.36. The van der Waals surface area contributed by atoms with Crippen molar-refractivity contribution >= 4 is 39.4 Å². The highest BCUT2D eigenvalue weighted by molar-refractivity contribution is 7.97. The molecule has 3 aliphatic heterocycles. The van der Waals surface area contributed by atoms with Crippen LogP contribution in [-0.2, 0) is 9.53 Å². The number of nitrogens with zero attached hydrogens (tertiary/aromatic N) is 3. The summed E-state index contributed by atoms with van der Waals surface area (Å²) in [5.41, 5.74) is 5.83. The first-order valence-electron chi connectivity index (χ1n) is 9.09. The summed E-state index contributed by atoms with van der Waals surface area (Å²) in [5, 5.41) is 0. The summed E-state index contributed by atoms with van der Waals surface area (Å²) in [6.45, 7) is 4.91. The molecule has 0 saturated carbocycles. The number of rotatable bonds is 3. The van der Waals surface area contributed by atoms with Crippen LogP contribution in [-0.4, -0.2) is 59.5 Å². The Labute approximate surface area is 161 Å². The van der Waals surface area contributed by atoms with Crippen molar-refractivity contribution in [1.29, 1.82) is 0 Å². The molecule has 2 aromatic rings. The molecule has 1 amide bonds. The standard InChI is InChI=1S/C19H21N3O2S2/c23-19(13-2-1-5-24-11-13)21-7-14-9-22(10-15(14)8-21)26-16-3-4-17-18(6-16)25-12-20-17/h3-4,6,12-13H,1-2,5,7-11H2. The minimum atomic E-state index is 0.0698. The van der Waals surface area contributed by atoms with Gasteiger partial charge in [-0.1, -0.05) is 0 Å². The highest BCUT2D eigenvalue weighted by Crippen LogP contribution is 2.35. The molecule has 0 aliphatic carbocycles. The summed E-state index contributed by atoms with van der Waals surface area (Å²) >= 11 is 3.50. The molecule has 1 atom stereocenters. The number of hydrogen-bond acceptors (Lipinski definition) is 6. The number of aromatic nitrogens is 1. The molecule has 136 valence electrons. The monoisotopic (exact) mass is 387 g/mol. The topological polar surface area (TPSA) is 45.7 Å². The average Bonchev–Trinajstić information content (AvgIpc) is 3.36. The Morgan fingerprint density at radius 3 is 2.85 bits per heavy atom.